The third kappa shape index (κ3) is 3.89. The molecule has 0 unspecified atom stereocenters. The molecule has 0 heterocycles. The molecule has 5 nitrogen and oxygen atoms in total. The van der Waals surface area contributed by atoms with E-state index in [-0.39, 0.29) is 5.75 Å². The first kappa shape index (κ1) is 14.8. The SMILES string of the molecule is CNCCCS(=O)(=O)N(C)c1cccc(OC)c1. The highest BCUT2D eigenvalue weighted by Crippen LogP contribution is 2.22. The molecule has 0 amide bonds. The molecular weight excluding hydrogens is 252 g/mol. The summed E-state index contributed by atoms with van der Waals surface area (Å²) in [7, 11) is 1.65. The van der Waals surface area contributed by atoms with E-state index < -0.39 is 10.0 Å². The van der Waals surface area contributed by atoms with Gasteiger partial charge in [0.1, 0.15) is 5.75 Å². The number of nitrogens with zero attached hydrogens (tertiary/aromatic N) is 1. The number of anilines is 1. The first-order chi connectivity index (χ1) is 8.51. The first-order valence-corrected chi connectivity index (χ1v) is 7.37. The van der Waals surface area contributed by atoms with Gasteiger partial charge in [0.25, 0.3) is 0 Å². The molecule has 0 spiro atoms. The van der Waals surface area contributed by atoms with Gasteiger partial charge in [-0.15, -0.1) is 0 Å². The van der Waals surface area contributed by atoms with Crippen molar-refractivity contribution in [1.82, 2.24) is 5.32 Å². The molecule has 1 aromatic carbocycles. The summed E-state index contributed by atoms with van der Waals surface area (Å²) >= 11 is 0. The van der Waals surface area contributed by atoms with Crippen LogP contribution in [0.1, 0.15) is 6.42 Å². The summed E-state index contributed by atoms with van der Waals surface area (Å²) in [6, 6.07) is 7.01. The second-order valence-electron chi connectivity index (χ2n) is 3.94. The van der Waals surface area contributed by atoms with Gasteiger partial charge in [0.2, 0.25) is 10.0 Å². The van der Waals surface area contributed by atoms with Crippen molar-refractivity contribution in [3.05, 3.63) is 24.3 Å². The third-order valence-corrected chi connectivity index (χ3v) is 4.51. The van der Waals surface area contributed by atoms with Gasteiger partial charge in [0.15, 0.2) is 0 Å². The normalized spacial score (nSPS) is 11.3. The highest BCUT2D eigenvalue weighted by Gasteiger charge is 2.18. The van der Waals surface area contributed by atoms with Crippen LogP contribution in [0.3, 0.4) is 0 Å². The van der Waals surface area contributed by atoms with E-state index in [4.69, 9.17) is 4.74 Å². The monoisotopic (exact) mass is 272 g/mol. The molecule has 0 radical (unpaired) electrons. The number of rotatable bonds is 7. The van der Waals surface area contributed by atoms with Gasteiger partial charge in [-0.2, -0.15) is 0 Å². The van der Waals surface area contributed by atoms with Crippen LogP contribution in [0, 0.1) is 0 Å². The average Bonchev–Trinajstić information content (AvgIpc) is 2.38. The quantitative estimate of drug-likeness (QED) is 0.754. The first-order valence-electron chi connectivity index (χ1n) is 5.76. The van der Waals surface area contributed by atoms with Crippen molar-refractivity contribution in [3.8, 4) is 5.75 Å². The van der Waals surface area contributed by atoms with E-state index in [1.54, 1.807) is 45.5 Å². The Morgan fingerprint density at radius 3 is 2.72 bits per heavy atom. The number of ether oxygens (including phenoxy) is 1. The van der Waals surface area contributed by atoms with E-state index in [0.717, 1.165) is 0 Å². The van der Waals surface area contributed by atoms with Crippen molar-refractivity contribution in [2.75, 3.05) is 37.8 Å². The minimum absolute atomic E-state index is 0.127. The molecule has 1 aromatic rings. The number of nitrogens with one attached hydrogen (secondary N) is 1. The van der Waals surface area contributed by atoms with Crippen LogP contribution in [0.5, 0.6) is 5.75 Å². The lowest BCUT2D eigenvalue weighted by Crippen LogP contribution is -2.30. The van der Waals surface area contributed by atoms with Crippen LogP contribution in [-0.2, 0) is 10.0 Å². The summed E-state index contributed by atoms with van der Waals surface area (Å²) in [5.41, 5.74) is 0.610. The second kappa shape index (κ2) is 6.61. The lowest BCUT2D eigenvalue weighted by atomic mass is 10.3. The molecule has 0 saturated carbocycles. The highest BCUT2D eigenvalue weighted by atomic mass is 32.2. The van der Waals surface area contributed by atoms with Crippen LogP contribution in [0.4, 0.5) is 5.69 Å². The molecule has 0 fully saturated rings. The second-order valence-corrected chi connectivity index (χ2v) is 6.06. The average molecular weight is 272 g/mol. The van der Waals surface area contributed by atoms with E-state index in [0.29, 0.717) is 24.4 Å². The number of benzene rings is 1. The van der Waals surface area contributed by atoms with Gasteiger partial charge in [-0.1, -0.05) is 6.07 Å². The van der Waals surface area contributed by atoms with Crippen LogP contribution in [-0.4, -0.2) is 41.9 Å². The lowest BCUT2D eigenvalue weighted by molar-refractivity contribution is 0.415. The van der Waals surface area contributed by atoms with Gasteiger partial charge >= 0.3 is 0 Å². The molecule has 0 saturated heterocycles. The van der Waals surface area contributed by atoms with Crippen LogP contribution in [0.2, 0.25) is 0 Å². The van der Waals surface area contributed by atoms with Crippen molar-refractivity contribution in [1.29, 1.82) is 0 Å². The maximum Gasteiger partial charge on any atom is 0.234 e. The van der Waals surface area contributed by atoms with Crippen LogP contribution in [0.25, 0.3) is 0 Å². The van der Waals surface area contributed by atoms with Crippen molar-refractivity contribution in [2.24, 2.45) is 0 Å². The molecule has 6 heteroatoms. The van der Waals surface area contributed by atoms with E-state index >= 15 is 0 Å². The zero-order valence-corrected chi connectivity index (χ0v) is 11.8. The zero-order chi connectivity index (χ0) is 13.6. The van der Waals surface area contributed by atoms with Gasteiger partial charge in [-0.25, -0.2) is 8.42 Å². The molecule has 1 N–H and O–H groups in total. The van der Waals surface area contributed by atoms with Gasteiger partial charge in [0.05, 0.1) is 18.6 Å². The Morgan fingerprint density at radius 2 is 2.11 bits per heavy atom. The maximum absolute atomic E-state index is 12.1. The molecule has 0 aliphatic heterocycles. The number of methoxy groups -OCH3 is 1. The Bertz CT molecular complexity index is 474. The van der Waals surface area contributed by atoms with Crippen molar-refractivity contribution in [2.45, 2.75) is 6.42 Å². The van der Waals surface area contributed by atoms with Crippen molar-refractivity contribution in [3.63, 3.8) is 0 Å². The minimum atomic E-state index is -3.27. The zero-order valence-electron chi connectivity index (χ0n) is 11.0. The Hall–Kier alpha value is -1.27. The minimum Gasteiger partial charge on any atom is -0.497 e. The lowest BCUT2D eigenvalue weighted by Gasteiger charge is -2.19. The van der Waals surface area contributed by atoms with Crippen LogP contribution >= 0.6 is 0 Å². The fourth-order valence-electron chi connectivity index (χ4n) is 1.54. The number of hydrogen-bond donors (Lipinski definition) is 1. The number of sulfonamides is 1. The Labute approximate surface area is 109 Å². The topological polar surface area (TPSA) is 58.6 Å². The van der Waals surface area contributed by atoms with E-state index in [2.05, 4.69) is 5.32 Å². The Balaban J connectivity index is 2.81. The molecule has 0 aliphatic carbocycles. The summed E-state index contributed by atoms with van der Waals surface area (Å²) in [5, 5.41) is 2.93. The molecule has 18 heavy (non-hydrogen) atoms. The summed E-state index contributed by atoms with van der Waals surface area (Å²) in [5.74, 6) is 0.770. The summed E-state index contributed by atoms with van der Waals surface area (Å²) in [6.45, 7) is 0.686. The molecular formula is C12H20N2O3S. The highest BCUT2D eigenvalue weighted by molar-refractivity contribution is 7.92. The van der Waals surface area contributed by atoms with Gasteiger partial charge in [-0.05, 0) is 32.1 Å². The Morgan fingerprint density at radius 1 is 1.39 bits per heavy atom. The fraction of sp³-hybridized carbons (Fsp3) is 0.500. The maximum atomic E-state index is 12.1. The van der Waals surface area contributed by atoms with Crippen molar-refractivity contribution < 1.29 is 13.2 Å². The molecule has 0 bridgehead atoms. The van der Waals surface area contributed by atoms with Crippen LogP contribution < -0.4 is 14.4 Å². The van der Waals surface area contributed by atoms with E-state index in [1.165, 1.54) is 4.31 Å². The van der Waals surface area contributed by atoms with Gasteiger partial charge in [-0.3, -0.25) is 4.31 Å². The molecule has 0 aliphatic rings. The fourth-order valence-corrected chi connectivity index (χ4v) is 2.75. The third-order valence-electron chi connectivity index (χ3n) is 2.66. The van der Waals surface area contributed by atoms with E-state index in [9.17, 15) is 8.42 Å². The van der Waals surface area contributed by atoms with Crippen LogP contribution in [0.15, 0.2) is 24.3 Å². The van der Waals surface area contributed by atoms with Crippen molar-refractivity contribution >= 4 is 15.7 Å². The molecule has 1 rings (SSSR count). The standard InChI is InChI=1S/C12H20N2O3S/c1-13-8-5-9-18(15,16)14(2)11-6-4-7-12(10-11)17-3/h4,6-7,10,13H,5,8-9H2,1-3H3. The summed E-state index contributed by atoms with van der Waals surface area (Å²) in [6.07, 6.45) is 0.590. The van der Waals surface area contributed by atoms with Gasteiger partial charge in [0, 0.05) is 13.1 Å². The molecule has 102 valence electrons. The molecule has 0 atom stereocenters. The predicted octanol–water partition coefficient (Wildman–Crippen LogP) is 1.07. The Kier molecular flexibility index (Phi) is 5.43. The van der Waals surface area contributed by atoms with E-state index in [1.807, 2.05) is 0 Å². The summed E-state index contributed by atoms with van der Waals surface area (Å²) < 4.78 is 30.5. The smallest absolute Gasteiger partial charge is 0.234 e. The summed E-state index contributed by atoms with van der Waals surface area (Å²) in [4.78, 5) is 0. The number of hydrogen-bond acceptors (Lipinski definition) is 4. The largest absolute Gasteiger partial charge is 0.497 e. The predicted molar refractivity (Wildman–Crippen MR) is 73.7 cm³/mol. The molecule has 0 aromatic heterocycles. The van der Waals surface area contributed by atoms with Gasteiger partial charge < -0.3 is 10.1 Å².